The molecule has 0 bridgehead atoms. The van der Waals surface area contributed by atoms with Crippen LogP contribution in [0.2, 0.25) is 0 Å². The van der Waals surface area contributed by atoms with E-state index >= 15 is 0 Å². The second-order valence-electron chi connectivity index (χ2n) is 10.2. The minimum absolute atomic E-state index is 0.00522. The summed E-state index contributed by atoms with van der Waals surface area (Å²) < 4.78 is 5.81. The van der Waals surface area contributed by atoms with Gasteiger partial charge >= 0.3 is 17.9 Å². The van der Waals surface area contributed by atoms with Gasteiger partial charge in [0, 0.05) is 57.8 Å². The molecular formula is C27H40N8O8. The third-order valence-electron chi connectivity index (χ3n) is 6.97. The number of hydrogen-bond acceptors (Lipinski definition) is 12. The van der Waals surface area contributed by atoms with Gasteiger partial charge in [-0.1, -0.05) is 12.1 Å². The fourth-order valence-corrected chi connectivity index (χ4v) is 4.73. The van der Waals surface area contributed by atoms with Crippen molar-refractivity contribution < 1.29 is 39.2 Å². The molecule has 0 aromatic heterocycles. The number of carbonyl (C=O) groups is 4. The number of nitrogens with one attached hydrogen (secondary N) is 3. The molecule has 0 spiro atoms. The highest BCUT2D eigenvalue weighted by Gasteiger charge is 2.28. The Morgan fingerprint density at radius 1 is 0.953 bits per heavy atom. The standard InChI is InChI=1S/C27H40N8O8/c36-23(28-8-1-2-15-43-21-5-3-4-20(16-21)26-31-29-19-30-32-26)7-6-22(27(41)42)35-13-11-33(17-24(37)38)9-10-34(12-14-35)18-25(39)40/h3-5,16,19,22H,1-2,6-15,17-18H2,(H,28,36)(H,29,30)(H,31,32)(H,37,38)(H,39,40)(H,41,42). The van der Waals surface area contributed by atoms with Gasteiger partial charge in [-0.15, -0.1) is 0 Å². The van der Waals surface area contributed by atoms with Crippen LogP contribution in [0.5, 0.6) is 5.75 Å². The van der Waals surface area contributed by atoms with E-state index in [0.717, 1.165) is 5.56 Å². The molecule has 0 aliphatic carbocycles. The third kappa shape index (κ3) is 12.2. The van der Waals surface area contributed by atoms with Crippen LogP contribution in [0, 0.1) is 0 Å². The van der Waals surface area contributed by atoms with E-state index in [0.29, 0.717) is 63.8 Å². The van der Waals surface area contributed by atoms with Crippen molar-refractivity contribution in [2.24, 2.45) is 10.2 Å². The number of ether oxygens (including phenoxy) is 1. The van der Waals surface area contributed by atoms with Gasteiger partial charge < -0.3 is 25.4 Å². The number of carboxylic acids is 3. The Morgan fingerprint density at radius 2 is 1.63 bits per heavy atom. The van der Waals surface area contributed by atoms with Crippen LogP contribution >= 0.6 is 0 Å². The van der Waals surface area contributed by atoms with Crippen LogP contribution in [0.4, 0.5) is 0 Å². The van der Waals surface area contributed by atoms with Gasteiger partial charge in [0.05, 0.1) is 19.7 Å². The summed E-state index contributed by atoms with van der Waals surface area (Å²) in [4.78, 5) is 52.2. The molecule has 1 saturated heterocycles. The molecule has 3 rings (SSSR count). The number of hydrazone groups is 2. The lowest BCUT2D eigenvalue weighted by molar-refractivity contribution is -0.144. The van der Waals surface area contributed by atoms with Crippen LogP contribution in [-0.4, -0.2) is 138 Å². The van der Waals surface area contributed by atoms with Crippen LogP contribution in [0.1, 0.15) is 31.2 Å². The van der Waals surface area contributed by atoms with Crippen LogP contribution < -0.4 is 20.9 Å². The van der Waals surface area contributed by atoms with E-state index in [1.54, 1.807) is 14.7 Å². The molecule has 236 valence electrons. The average Bonchev–Trinajstić information content (AvgIpc) is 3.06. The molecule has 0 radical (unpaired) electrons. The van der Waals surface area contributed by atoms with Gasteiger partial charge in [0.15, 0.2) is 5.84 Å². The van der Waals surface area contributed by atoms with Crippen molar-refractivity contribution in [1.82, 2.24) is 30.9 Å². The zero-order valence-electron chi connectivity index (χ0n) is 24.0. The molecule has 1 unspecified atom stereocenters. The summed E-state index contributed by atoms with van der Waals surface area (Å²) in [5.41, 5.74) is 6.30. The van der Waals surface area contributed by atoms with Crippen LogP contribution in [0.3, 0.4) is 0 Å². The number of hydrogen-bond donors (Lipinski definition) is 6. The number of aliphatic carboxylic acids is 3. The van der Waals surface area contributed by atoms with E-state index in [2.05, 4.69) is 26.4 Å². The average molecular weight is 605 g/mol. The molecule has 2 aliphatic heterocycles. The normalized spacial score (nSPS) is 17.3. The molecule has 43 heavy (non-hydrogen) atoms. The number of unbranched alkanes of at least 4 members (excludes halogenated alkanes) is 1. The number of benzene rings is 1. The lowest BCUT2D eigenvalue weighted by Gasteiger charge is -2.30. The van der Waals surface area contributed by atoms with E-state index < -0.39 is 23.9 Å². The minimum Gasteiger partial charge on any atom is -0.494 e. The number of amidine groups is 1. The van der Waals surface area contributed by atoms with Crippen molar-refractivity contribution in [3.63, 3.8) is 0 Å². The highest BCUT2D eigenvalue weighted by Crippen LogP contribution is 2.15. The van der Waals surface area contributed by atoms with Crippen molar-refractivity contribution in [2.45, 2.75) is 31.7 Å². The molecule has 16 heteroatoms. The van der Waals surface area contributed by atoms with Crippen molar-refractivity contribution in [2.75, 3.05) is 65.5 Å². The Morgan fingerprint density at radius 3 is 2.23 bits per heavy atom. The maximum absolute atomic E-state index is 12.5. The molecule has 1 aromatic rings. The highest BCUT2D eigenvalue weighted by molar-refractivity contribution is 6.00. The summed E-state index contributed by atoms with van der Waals surface area (Å²) in [6.07, 6.45) is 2.87. The lowest BCUT2D eigenvalue weighted by atomic mass is 10.1. The first-order valence-electron chi connectivity index (χ1n) is 14.2. The summed E-state index contributed by atoms with van der Waals surface area (Å²) in [5.74, 6) is -2.13. The first-order valence-corrected chi connectivity index (χ1v) is 14.2. The van der Waals surface area contributed by atoms with E-state index in [-0.39, 0.29) is 44.9 Å². The molecule has 1 fully saturated rings. The van der Waals surface area contributed by atoms with Crippen LogP contribution in [0.15, 0.2) is 34.5 Å². The van der Waals surface area contributed by atoms with Gasteiger partial charge in [0.25, 0.3) is 0 Å². The fourth-order valence-electron chi connectivity index (χ4n) is 4.73. The molecule has 0 saturated carbocycles. The fraction of sp³-hybridized carbons (Fsp3) is 0.556. The first kappa shape index (κ1) is 33.2. The second kappa shape index (κ2) is 17.6. The molecule has 6 N–H and O–H groups in total. The highest BCUT2D eigenvalue weighted by atomic mass is 16.5. The van der Waals surface area contributed by atoms with Crippen LogP contribution in [0.25, 0.3) is 0 Å². The zero-order valence-corrected chi connectivity index (χ0v) is 24.0. The van der Waals surface area contributed by atoms with Crippen molar-refractivity contribution in [1.29, 1.82) is 0 Å². The Hall–Kier alpha value is -4.28. The SMILES string of the molecule is O=C(O)CN1CCN(CC(=O)O)CCN(C(CCC(=O)NCCCCOc2cccc(C3=NNC=NN3)c2)C(=O)O)CC1. The number of amides is 1. The summed E-state index contributed by atoms with van der Waals surface area (Å²) in [7, 11) is 0. The number of rotatable bonds is 16. The third-order valence-corrected chi connectivity index (χ3v) is 6.97. The summed E-state index contributed by atoms with van der Waals surface area (Å²) in [6, 6.07) is 6.44. The zero-order chi connectivity index (χ0) is 31.0. The van der Waals surface area contributed by atoms with Crippen molar-refractivity contribution >= 4 is 36.0 Å². The largest absolute Gasteiger partial charge is 0.494 e. The first-order chi connectivity index (χ1) is 20.7. The summed E-state index contributed by atoms with van der Waals surface area (Å²) >= 11 is 0. The smallest absolute Gasteiger partial charge is 0.320 e. The van der Waals surface area contributed by atoms with Gasteiger partial charge in [0.2, 0.25) is 5.91 Å². The van der Waals surface area contributed by atoms with Crippen molar-refractivity contribution in [3.8, 4) is 5.75 Å². The van der Waals surface area contributed by atoms with Gasteiger partial charge in [-0.3, -0.25) is 44.7 Å². The van der Waals surface area contributed by atoms with Gasteiger partial charge in [-0.2, -0.15) is 10.2 Å². The predicted molar refractivity (Wildman–Crippen MR) is 156 cm³/mol. The van der Waals surface area contributed by atoms with Crippen LogP contribution in [-0.2, 0) is 19.2 Å². The topological polar surface area (TPSA) is 209 Å². The Kier molecular flexibility index (Phi) is 13.6. The Balaban J connectivity index is 1.41. The molecule has 2 aliphatic rings. The Bertz CT molecular complexity index is 1140. The number of nitrogens with zero attached hydrogens (tertiary/aromatic N) is 5. The molecule has 1 atom stereocenters. The van der Waals surface area contributed by atoms with Crippen molar-refractivity contribution in [3.05, 3.63) is 29.8 Å². The van der Waals surface area contributed by atoms with E-state index in [1.165, 1.54) is 6.34 Å². The maximum atomic E-state index is 12.5. The maximum Gasteiger partial charge on any atom is 0.320 e. The van der Waals surface area contributed by atoms with E-state index in [9.17, 15) is 34.5 Å². The predicted octanol–water partition coefficient (Wildman–Crippen LogP) is -0.918. The molecule has 2 heterocycles. The van der Waals surface area contributed by atoms with E-state index in [4.69, 9.17) is 4.74 Å². The molecule has 1 amide bonds. The van der Waals surface area contributed by atoms with Gasteiger partial charge in [-0.05, 0) is 31.4 Å². The number of carboxylic acid groups (broad SMARTS) is 3. The number of carbonyl (C=O) groups excluding carboxylic acids is 1. The van der Waals surface area contributed by atoms with Gasteiger partial charge in [-0.25, -0.2) is 0 Å². The Labute approximate surface area is 249 Å². The quantitative estimate of drug-likeness (QED) is 0.126. The van der Waals surface area contributed by atoms with Gasteiger partial charge in [0.1, 0.15) is 18.1 Å². The summed E-state index contributed by atoms with van der Waals surface area (Å²) in [6.45, 7) is 2.30. The molecular weight excluding hydrogens is 564 g/mol. The monoisotopic (exact) mass is 604 g/mol. The summed E-state index contributed by atoms with van der Waals surface area (Å²) in [5, 5.41) is 39.2. The lowest BCUT2D eigenvalue weighted by Crippen LogP contribution is -2.47. The second-order valence-corrected chi connectivity index (χ2v) is 10.2. The molecule has 16 nitrogen and oxygen atoms in total. The molecule has 1 aromatic carbocycles. The minimum atomic E-state index is -1.09. The van der Waals surface area contributed by atoms with E-state index in [1.807, 2.05) is 24.3 Å².